The maximum atomic E-state index is 3.71. The lowest BCUT2D eigenvalue weighted by atomic mass is 10.4. The van der Waals surface area contributed by atoms with Gasteiger partial charge in [-0.15, -0.1) is 11.8 Å². The summed E-state index contributed by atoms with van der Waals surface area (Å²) in [4.78, 5) is 0. The van der Waals surface area contributed by atoms with Gasteiger partial charge in [0.1, 0.15) is 0 Å². The molecule has 1 rings (SSSR count). The lowest BCUT2D eigenvalue weighted by molar-refractivity contribution is 1.29. The highest BCUT2D eigenvalue weighted by molar-refractivity contribution is 9.40. The summed E-state index contributed by atoms with van der Waals surface area (Å²) in [6.45, 7) is 1.71. The summed E-state index contributed by atoms with van der Waals surface area (Å²) in [5.74, 6) is 6.00. The Morgan fingerprint density at radius 1 is 1.31 bits per heavy atom. The van der Waals surface area contributed by atoms with Gasteiger partial charge in [-0.25, -0.2) is 0 Å². The molecule has 0 fully saturated rings. The molecule has 13 heavy (non-hydrogen) atoms. The molecule has 0 aliphatic carbocycles. The smallest absolute Gasteiger partial charge is 0.0139 e. The second-order valence-electron chi connectivity index (χ2n) is 2.60. The quantitative estimate of drug-likeness (QED) is 0.572. The molecule has 0 spiro atoms. The molecule has 0 aromatic heterocycles. The van der Waals surface area contributed by atoms with Crippen molar-refractivity contribution in [3.63, 3.8) is 0 Å². The molecule has 0 N–H and O–H groups in total. The molecule has 1 unspecified atom stereocenters. The molecule has 0 heterocycles. The van der Waals surface area contributed by atoms with Crippen molar-refractivity contribution >= 4 is 27.4 Å². The van der Waals surface area contributed by atoms with Crippen molar-refractivity contribution in [2.24, 2.45) is 0 Å². The molecule has 68 valence electrons. The minimum Gasteiger partial charge on any atom is -0.107 e. The molecule has 0 saturated carbocycles. The summed E-state index contributed by atoms with van der Waals surface area (Å²) in [5.41, 5.74) is 0. The Balaban J connectivity index is 2.47. The third-order valence-corrected chi connectivity index (χ3v) is 5.41. The Kier molecular flexibility index (Phi) is 5.13. The van der Waals surface area contributed by atoms with Crippen LogP contribution in [0.15, 0.2) is 30.3 Å². The van der Waals surface area contributed by atoms with E-state index < -0.39 is 0 Å². The maximum absolute atomic E-state index is 3.71. The highest BCUT2D eigenvalue weighted by Gasteiger charge is 2.03. The highest BCUT2D eigenvalue weighted by atomic mass is 79.9. The van der Waals surface area contributed by atoms with Crippen LogP contribution in [0, 0.1) is 11.8 Å². The summed E-state index contributed by atoms with van der Waals surface area (Å²) in [6, 6.07) is 10.5. The lowest BCUT2D eigenvalue weighted by Crippen LogP contribution is -1.97. The fraction of sp³-hybridized carbons (Fsp3) is 0.273. The first kappa shape index (κ1) is 10.8. The van der Waals surface area contributed by atoms with Crippen LogP contribution in [0.25, 0.3) is 0 Å². The van der Waals surface area contributed by atoms with Crippen LogP contribution < -0.4 is 5.30 Å². The van der Waals surface area contributed by atoms with Gasteiger partial charge in [0.25, 0.3) is 0 Å². The Hall–Kier alpha value is -0.310. The fourth-order valence-electron chi connectivity index (χ4n) is 0.998. The second-order valence-corrected chi connectivity index (χ2v) is 6.85. The molecule has 0 saturated heterocycles. The van der Waals surface area contributed by atoms with Crippen LogP contribution in [0.5, 0.6) is 0 Å². The molecule has 0 amide bonds. The van der Waals surface area contributed by atoms with Gasteiger partial charge in [-0.3, -0.25) is 0 Å². The van der Waals surface area contributed by atoms with E-state index in [1.54, 1.807) is 0 Å². The molecular weight excluding hydrogens is 243 g/mol. The Morgan fingerprint density at radius 3 is 2.62 bits per heavy atom. The molecule has 0 bridgehead atoms. The van der Waals surface area contributed by atoms with Gasteiger partial charge >= 0.3 is 0 Å². The van der Waals surface area contributed by atoms with Gasteiger partial charge in [0, 0.05) is 6.42 Å². The third-order valence-electron chi connectivity index (χ3n) is 1.65. The van der Waals surface area contributed by atoms with Crippen molar-refractivity contribution in [2.75, 3.05) is 6.16 Å². The summed E-state index contributed by atoms with van der Waals surface area (Å²) in [6.07, 6.45) is 2.13. The second kappa shape index (κ2) is 6.19. The highest BCUT2D eigenvalue weighted by Crippen LogP contribution is 2.42. The predicted octanol–water partition coefficient (Wildman–Crippen LogP) is 3.52. The predicted molar refractivity (Wildman–Crippen MR) is 64.9 cm³/mol. The SMILES string of the molecule is CC#CCCP(Br)c1ccccc1. The van der Waals surface area contributed by atoms with E-state index in [1.807, 2.05) is 13.0 Å². The zero-order chi connectivity index (χ0) is 9.52. The number of hydrogen-bond acceptors (Lipinski definition) is 0. The first-order chi connectivity index (χ1) is 6.34. The fourth-order valence-corrected chi connectivity index (χ4v) is 3.30. The van der Waals surface area contributed by atoms with Crippen molar-refractivity contribution in [1.82, 2.24) is 0 Å². The van der Waals surface area contributed by atoms with Crippen molar-refractivity contribution < 1.29 is 0 Å². The van der Waals surface area contributed by atoms with Crippen LogP contribution in [0.3, 0.4) is 0 Å². The molecule has 0 nitrogen and oxygen atoms in total. The topological polar surface area (TPSA) is 0 Å². The Morgan fingerprint density at radius 2 is 2.00 bits per heavy atom. The molecule has 1 aromatic rings. The van der Waals surface area contributed by atoms with Gasteiger partial charge in [-0.05, 0) is 25.0 Å². The molecule has 0 radical (unpaired) electrons. The van der Waals surface area contributed by atoms with Crippen LogP contribution in [0.1, 0.15) is 13.3 Å². The van der Waals surface area contributed by atoms with Gasteiger partial charge in [0.05, 0.1) is 0 Å². The van der Waals surface area contributed by atoms with Crippen molar-refractivity contribution in [3.8, 4) is 11.8 Å². The van der Waals surface area contributed by atoms with Gasteiger partial charge < -0.3 is 0 Å². The number of benzene rings is 1. The van der Waals surface area contributed by atoms with E-state index in [2.05, 4.69) is 51.6 Å². The normalized spacial score (nSPS) is 11.5. The van der Waals surface area contributed by atoms with Crippen molar-refractivity contribution in [1.29, 1.82) is 0 Å². The minimum atomic E-state index is -0.177. The van der Waals surface area contributed by atoms with Crippen LogP contribution in [-0.2, 0) is 0 Å². The third kappa shape index (κ3) is 3.94. The zero-order valence-corrected chi connectivity index (χ0v) is 10.1. The van der Waals surface area contributed by atoms with E-state index in [9.17, 15) is 0 Å². The van der Waals surface area contributed by atoms with Gasteiger partial charge in [0.2, 0.25) is 0 Å². The van der Waals surface area contributed by atoms with E-state index in [4.69, 9.17) is 0 Å². The van der Waals surface area contributed by atoms with Gasteiger partial charge in [0.15, 0.2) is 0 Å². The zero-order valence-electron chi connectivity index (χ0n) is 7.63. The number of rotatable bonds is 3. The van der Waals surface area contributed by atoms with E-state index in [-0.39, 0.29) is 6.62 Å². The van der Waals surface area contributed by atoms with Gasteiger partial charge in [-0.2, -0.15) is 0 Å². The van der Waals surface area contributed by atoms with Gasteiger partial charge in [-0.1, -0.05) is 45.8 Å². The summed E-state index contributed by atoms with van der Waals surface area (Å²) in [5, 5.41) is 1.40. The monoisotopic (exact) mass is 254 g/mol. The first-order valence-electron chi connectivity index (χ1n) is 4.22. The lowest BCUT2D eigenvalue weighted by Gasteiger charge is -2.07. The summed E-state index contributed by atoms with van der Waals surface area (Å²) in [7, 11) is 0. The van der Waals surface area contributed by atoms with Crippen LogP contribution in [0.2, 0.25) is 0 Å². The van der Waals surface area contributed by atoms with E-state index in [0.29, 0.717) is 0 Å². The maximum Gasteiger partial charge on any atom is 0.0139 e. The molecule has 0 aliphatic rings. The molecule has 2 heteroatoms. The van der Waals surface area contributed by atoms with Crippen molar-refractivity contribution in [2.45, 2.75) is 13.3 Å². The summed E-state index contributed by atoms with van der Waals surface area (Å²) >= 11 is 3.71. The molecular formula is C11H12BrP. The van der Waals surface area contributed by atoms with E-state index in [0.717, 1.165) is 12.6 Å². The molecule has 1 aromatic carbocycles. The first-order valence-corrected chi connectivity index (χ1v) is 7.77. The van der Waals surface area contributed by atoms with E-state index >= 15 is 0 Å². The molecule has 0 aliphatic heterocycles. The Bertz CT molecular complexity index is 297. The van der Waals surface area contributed by atoms with Crippen molar-refractivity contribution in [3.05, 3.63) is 30.3 Å². The standard InChI is InChI=1S/C11H12BrP/c1-2-3-7-10-13(12)11-8-5-4-6-9-11/h4-6,8-9H,7,10H2,1H3. The average molecular weight is 255 g/mol. The summed E-state index contributed by atoms with van der Waals surface area (Å²) < 4.78 is 0. The minimum absolute atomic E-state index is 0.177. The average Bonchev–Trinajstić information content (AvgIpc) is 2.19. The molecule has 1 atom stereocenters. The Labute approximate surface area is 89.2 Å². The van der Waals surface area contributed by atoms with Crippen LogP contribution >= 0.6 is 22.1 Å². The largest absolute Gasteiger partial charge is 0.107 e. The van der Waals surface area contributed by atoms with E-state index in [1.165, 1.54) is 5.30 Å². The van der Waals surface area contributed by atoms with Crippen LogP contribution in [-0.4, -0.2) is 6.16 Å². The van der Waals surface area contributed by atoms with Crippen LogP contribution in [0.4, 0.5) is 0 Å². The number of hydrogen-bond donors (Lipinski definition) is 0. The number of halogens is 1.